The van der Waals surface area contributed by atoms with Gasteiger partial charge in [-0.2, -0.15) is 0 Å². The highest BCUT2D eigenvalue weighted by molar-refractivity contribution is 6.64. The normalized spacial score (nSPS) is 20.0. The Morgan fingerprint density at radius 2 is 0.933 bits per heavy atom. The Morgan fingerprint density at radius 1 is 0.533 bits per heavy atom. The van der Waals surface area contributed by atoms with Gasteiger partial charge in [0, 0.05) is 0 Å². The fraction of sp³-hybridized carbons (Fsp3) is 0.436. The van der Waals surface area contributed by atoms with Gasteiger partial charge in [-0.15, -0.1) is 0 Å². The minimum absolute atomic E-state index is 0.0124. The van der Waals surface area contributed by atoms with E-state index in [0.717, 1.165) is 16.3 Å². The fourth-order valence-electron chi connectivity index (χ4n) is 6.81. The molecule has 5 aromatic carbocycles. The lowest BCUT2D eigenvalue weighted by Crippen LogP contribution is -2.41. The van der Waals surface area contributed by atoms with Crippen LogP contribution < -0.4 is 10.9 Å². The number of rotatable bonds is 2. The first-order valence-electron chi connectivity index (χ1n) is 16.3. The van der Waals surface area contributed by atoms with E-state index in [2.05, 4.69) is 124 Å². The van der Waals surface area contributed by atoms with E-state index in [1.807, 2.05) is 13.8 Å². The molecule has 6 heteroatoms. The highest BCUT2D eigenvalue weighted by atomic mass is 16.7. The van der Waals surface area contributed by atoms with Gasteiger partial charge in [-0.25, -0.2) is 0 Å². The number of benzene rings is 5. The summed E-state index contributed by atoms with van der Waals surface area (Å²) < 4.78 is 25.9. The Bertz CT molecular complexity index is 2020. The molecule has 2 aliphatic rings. The maximum absolute atomic E-state index is 6.61. The molecular weight excluding hydrogens is 554 g/mol. The lowest BCUT2D eigenvalue weighted by molar-refractivity contribution is 0.00578. The van der Waals surface area contributed by atoms with E-state index in [0.29, 0.717) is 5.76 Å². The summed E-state index contributed by atoms with van der Waals surface area (Å²) in [5, 5.41) is 9.84. The summed E-state index contributed by atoms with van der Waals surface area (Å²) in [4.78, 5) is 0. The highest BCUT2D eigenvalue weighted by Gasteiger charge is 2.52. The van der Waals surface area contributed by atoms with E-state index in [4.69, 9.17) is 18.6 Å². The predicted molar refractivity (Wildman–Crippen MR) is 192 cm³/mol. The van der Waals surface area contributed by atoms with Crippen LogP contribution in [0.2, 0.25) is 0 Å². The second-order valence-electron chi connectivity index (χ2n) is 17.0. The number of hydrogen-bond acceptors (Lipinski definition) is 4. The zero-order valence-electron chi connectivity index (χ0n) is 29.1. The molecule has 2 heterocycles. The van der Waals surface area contributed by atoms with Crippen LogP contribution in [0.25, 0.3) is 43.1 Å². The SMILES string of the molecule is C=C1OB(c2cc3cc(B4OC(C)(C)C(C)(C)O4)cc4c5cc(C(C)(C)C)cc6cc(C(C)(C)C)cc(c(c2)c34)c65)OC1(C)C. The van der Waals surface area contributed by atoms with Crippen molar-refractivity contribution in [3.63, 3.8) is 0 Å². The van der Waals surface area contributed by atoms with E-state index in [1.54, 1.807) is 0 Å². The van der Waals surface area contributed by atoms with Gasteiger partial charge in [0.2, 0.25) is 0 Å². The van der Waals surface area contributed by atoms with E-state index in [-0.39, 0.29) is 10.8 Å². The van der Waals surface area contributed by atoms with Crippen molar-refractivity contribution in [3.05, 3.63) is 72.0 Å². The van der Waals surface area contributed by atoms with Crippen LogP contribution in [0.3, 0.4) is 0 Å². The molecule has 4 nitrogen and oxygen atoms in total. The summed E-state index contributed by atoms with van der Waals surface area (Å²) in [6.07, 6.45) is 0. The van der Waals surface area contributed by atoms with Crippen LogP contribution in [0.4, 0.5) is 0 Å². The van der Waals surface area contributed by atoms with Crippen molar-refractivity contribution in [1.29, 1.82) is 0 Å². The molecule has 0 bridgehead atoms. The van der Waals surface area contributed by atoms with Gasteiger partial charge in [-0.1, -0.05) is 84.5 Å². The molecule has 2 aliphatic heterocycles. The van der Waals surface area contributed by atoms with Crippen molar-refractivity contribution in [2.24, 2.45) is 0 Å². The molecule has 0 aromatic heterocycles. The number of fused-ring (bicyclic) bond motifs is 2. The first-order valence-corrected chi connectivity index (χ1v) is 16.3. The third kappa shape index (κ3) is 4.70. The van der Waals surface area contributed by atoms with Crippen LogP contribution in [0.15, 0.2) is 60.9 Å². The molecule has 5 aromatic rings. The standard InChI is InChI=1S/C39H46B2O4/c1-22-37(8,9)43-40(42-22)27-16-24-17-28(41-44-38(10,11)39(12,13)45-41)21-32-30-19-26(36(5,6)7)15-23-14-25(35(2,3)4)18-29(33(23)30)31(20-27)34(24)32/h14-21H,1H2,2-13H3. The van der Waals surface area contributed by atoms with Crippen molar-refractivity contribution in [1.82, 2.24) is 0 Å². The van der Waals surface area contributed by atoms with Gasteiger partial charge >= 0.3 is 14.2 Å². The quantitative estimate of drug-likeness (QED) is 0.116. The van der Waals surface area contributed by atoms with Gasteiger partial charge in [0.15, 0.2) is 0 Å². The van der Waals surface area contributed by atoms with Crippen molar-refractivity contribution in [2.75, 3.05) is 0 Å². The molecular formula is C39H46B2O4. The van der Waals surface area contributed by atoms with E-state index in [9.17, 15) is 0 Å². The topological polar surface area (TPSA) is 36.9 Å². The summed E-state index contributed by atoms with van der Waals surface area (Å²) >= 11 is 0. The lowest BCUT2D eigenvalue weighted by atomic mass is 9.72. The largest absolute Gasteiger partial charge is 0.563 e. The Kier molecular flexibility index (Phi) is 6.31. The Labute approximate surface area is 269 Å². The molecule has 2 saturated heterocycles. The van der Waals surface area contributed by atoms with Crippen molar-refractivity contribution < 1.29 is 18.6 Å². The predicted octanol–water partition coefficient (Wildman–Crippen LogP) is 8.67. The minimum atomic E-state index is -0.568. The number of hydrogen-bond donors (Lipinski definition) is 0. The monoisotopic (exact) mass is 600 g/mol. The van der Waals surface area contributed by atoms with Gasteiger partial charge in [0.25, 0.3) is 0 Å². The molecule has 0 saturated carbocycles. The molecule has 232 valence electrons. The fourth-order valence-corrected chi connectivity index (χ4v) is 6.81. The average Bonchev–Trinajstić information content (AvgIpc) is 3.32. The molecule has 7 rings (SSSR count). The first kappa shape index (κ1) is 30.6. The molecule has 0 radical (unpaired) electrons. The van der Waals surface area contributed by atoms with Crippen LogP contribution in [-0.2, 0) is 29.4 Å². The third-order valence-corrected chi connectivity index (χ3v) is 10.6. The smallest absolute Gasteiger partial charge is 0.534 e. The summed E-state index contributed by atoms with van der Waals surface area (Å²) in [5.74, 6) is 0.644. The van der Waals surface area contributed by atoms with E-state index >= 15 is 0 Å². The van der Waals surface area contributed by atoms with Crippen LogP contribution in [0.5, 0.6) is 0 Å². The summed E-state index contributed by atoms with van der Waals surface area (Å²) in [7, 11) is -1.02. The second-order valence-corrected chi connectivity index (χ2v) is 17.0. The summed E-state index contributed by atoms with van der Waals surface area (Å²) in [6, 6.07) is 18.7. The summed E-state index contributed by atoms with van der Waals surface area (Å²) in [6.45, 7) is 30.4. The molecule has 0 amide bonds. The van der Waals surface area contributed by atoms with Crippen LogP contribution >= 0.6 is 0 Å². The van der Waals surface area contributed by atoms with Gasteiger partial charge in [0.05, 0.1) is 17.0 Å². The van der Waals surface area contributed by atoms with Crippen molar-refractivity contribution >= 4 is 68.3 Å². The Balaban J connectivity index is 1.63. The molecule has 0 spiro atoms. The zero-order valence-corrected chi connectivity index (χ0v) is 29.1. The van der Waals surface area contributed by atoms with Gasteiger partial charge in [-0.05, 0) is 130 Å². The van der Waals surface area contributed by atoms with Crippen LogP contribution in [0.1, 0.15) is 94.2 Å². The van der Waals surface area contributed by atoms with Crippen molar-refractivity contribution in [3.8, 4) is 0 Å². The van der Waals surface area contributed by atoms with Crippen LogP contribution in [-0.4, -0.2) is 31.0 Å². The Morgan fingerprint density at radius 3 is 1.33 bits per heavy atom. The highest BCUT2D eigenvalue weighted by Crippen LogP contribution is 2.45. The van der Waals surface area contributed by atoms with E-state index in [1.165, 1.54) is 48.8 Å². The molecule has 0 unspecified atom stereocenters. The molecule has 0 aliphatic carbocycles. The third-order valence-electron chi connectivity index (χ3n) is 10.6. The molecule has 45 heavy (non-hydrogen) atoms. The average molecular weight is 600 g/mol. The molecule has 2 fully saturated rings. The Hall–Kier alpha value is -3.05. The van der Waals surface area contributed by atoms with Gasteiger partial charge < -0.3 is 18.6 Å². The molecule has 0 N–H and O–H groups in total. The summed E-state index contributed by atoms with van der Waals surface area (Å²) in [5.41, 5.74) is 3.16. The zero-order chi connectivity index (χ0) is 32.6. The maximum atomic E-state index is 6.61. The van der Waals surface area contributed by atoms with Gasteiger partial charge in [0.1, 0.15) is 5.60 Å². The van der Waals surface area contributed by atoms with Crippen LogP contribution in [0, 0.1) is 0 Å². The molecule has 0 atom stereocenters. The maximum Gasteiger partial charge on any atom is 0.563 e. The lowest BCUT2D eigenvalue weighted by Gasteiger charge is -2.32. The van der Waals surface area contributed by atoms with Gasteiger partial charge in [-0.3, -0.25) is 0 Å². The minimum Gasteiger partial charge on any atom is -0.534 e. The van der Waals surface area contributed by atoms with E-state index < -0.39 is 31.0 Å². The first-order chi connectivity index (χ1) is 20.7. The second kappa shape index (κ2) is 9.27. The van der Waals surface area contributed by atoms with Crippen molar-refractivity contribution in [2.45, 2.75) is 111 Å².